The van der Waals surface area contributed by atoms with Gasteiger partial charge >= 0.3 is 11.9 Å². The van der Waals surface area contributed by atoms with Crippen LogP contribution >= 0.6 is 21.6 Å². The zero-order chi connectivity index (χ0) is 36.1. The van der Waals surface area contributed by atoms with E-state index in [-0.39, 0.29) is 30.6 Å². The quantitative estimate of drug-likeness (QED) is 0.0506. The van der Waals surface area contributed by atoms with Gasteiger partial charge < -0.3 is 33.2 Å². The van der Waals surface area contributed by atoms with Crippen molar-refractivity contribution >= 4 is 33.5 Å². The van der Waals surface area contributed by atoms with Gasteiger partial charge in [0.25, 0.3) is 0 Å². The smallest absolute Gasteiger partial charge is 0.308 e. The fourth-order valence-corrected chi connectivity index (χ4v) is 6.43. The van der Waals surface area contributed by atoms with E-state index in [1.807, 2.05) is 70.1 Å². The second-order valence-corrected chi connectivity index (χ2v) is 15.9. The molecule has 1 fully saturated rings. The lowest BCUT2D eigenvalue weighted by atomic mass is 10.0. The van der Waals surface area contributed by atoms with Crippen molar-refractivity contribution in [2.24, 2.45) is 11.8 Å². The zero-order valence-electron chi connectivity index (χ0n) is 31.4. The van der Waals surface area contributed by atoms with Gasteiger partial charge in [-0.05, 0) is 74.7 Å². The number of esters is 2. The average Bonchev–Trinajstić information content (AvgIpc) is 2.93. The molecule has 1 rings (SSSR count). The summed E-state index contributed by atoms with van der Waals surface area (Å²) in [6.45, 7) is 25.3. The Labute approximate surface area is 295 Å². The summed E-state index contributed by atoms with van der Waals surface area (Å²) in [5.74, 6) is 5.87. The van der Waals surface area contributed by atoms with E-state index in [0.717, 1.165) is 30.8 Å². The van der Waals surface area contributed by atoms with Crippen molar-refractivity contribution in [3.05, 3.63) is 0 Å². The van der Waals surface area contributed by atoms with Crippen molar-refractivity contribution in [3.63, 3.8) is 0 Å². The number of ether oxygens (including phenoxy) is 7. The van der Waals surface area contributed by atoms with Gasteiger partial charge in [0.15, 0.2) is 0 Å². The van der Waals surface area contributed by atoms with E-state index in [1.54, 1.807) is 0 Å². The van der Waals surface area contributed by atoms with Crippen LogP contribution in [0.2, 0.25) is 0 Å². The van der Waals surface area contributed by atoms with Gasteiger partial charge in [-0.2, -0.15) is 0 Å². The first kappa shape index (κ1) is 48.1. The van der Waals surface area contributed by atoms with Gasteiger partial charge in [-0.3, -0.25) is 9.59 Å². The van der Waals surface area contributed by atoms with Crippen molar-refractivity contribution in [1.29, 1.82) is 0 Å². The summed E-state index contributed by atoms with van der Waals surface area (Å²) in [5.41, 5.74) is -0.444. The molecule has 1 aliphatic heterocycles. The van der Waals surface area contributed by atoms with Crippen LogP contribution in [0.1, 0.15) is 108 Å². The molecule has 278 valence electrons. The maximum absolute atomic E-state index is 11.4. The number of carbonyl (C=O) groups excluding carboxylic acids is 2. The van der Waals surface area contributed by atoms with Crippen LogP contribution in [-0.2, 0) is 42.7 Å². The Kier molecular flexibility index (Phi) is 31.8. The predicted molar refractivity (Wildman–Crippen MR) is 196 cm³/mol. The Morgan fingerprint density at radius 1 is 0.745 bits per heavy atom. The minimum absolute atomic E-state index is 0.0246. The van der Waals surface area contributed by atoms with Gasteiger partial charge in [-0.15, -0.1) is 12.3 Å². The van der Waals surface area contributed by atoms with Gasteiger partial charge in [0.2, 0.25) is 0 Å². The van der Waals surface area contributed by atoms with E-state index < -0.39 is 5.60 Å². The summed E-state index contributed by atoms with van der Waals surface area (Å²) in [7, 11) is 3.81. The van der Waals surface area contributed by atoms with Crippen molar-refractivity contribution in [2.75, 3.05) is 57.8 Å². The van der Waals surface area contributed by atoms with Gasteiger partial charge in [0.1, 0.15) is 5.60 Å². The maximum atomic E-state index is 11.4. The lowest BCUT2D eigenvalue weighted by Crippen LogP contribution is -2.32. The molecule has 47 heavy (non-hydrogen) atoms. The third-order valence-electron chi connectivity index (χ3n) is 5.77. The molecule has 0 N–H and O–H groups in total. The second-order valence-electron chi connectivity index (χ2n) is 13.4. The second kappa shape index (κ2) is 31.0. The standard InChI is InChI=1S/C16H32O6.C10H20O2.C10H16OS2/c1-14(2)21-13-12-20-11-10-19-9-8-18-7-6-15(17)22-16(3,4)5;1-8(2)6-5-7-10(11)12-9(3)4;1-4-5-9-6-12-13-7-10(9)11-8(2)3/h14H,6-13H2,1-5H3;8-9H,5-7H2,1-4H3;1,8-10H,5-7H2,2-3H3. The maximum Gasteiger partial charge on any atom is 0.308 e. The van der Waals surface area contributed by atoms with Crippen LogP contribution in [0.25, 0.3) is 0 Å². The first-order valence-electron chi connectivity index (χ1n) is 17.2. The van der Waals surface area contributed by atoms with Crippen LogP contribution in [-0.4, -0.2) is 99.7 Å². The van der Waals surface area contributed by atoms with Crippen molar-refractivity contribution in [1.82, 2.24) is 0 Å². The van der Waals surface area contributed by atoms with Crippen molar-refractivity contribution < 1.29 is 42.7 Å². The van der Waals surface area contributed by atoms with E-state index in [1.165, 1.54) is 0 Å². The molecule has 0 aliphatic carbocycles. The van der Waals surface area contributed by atoms with Crippen molar-refractivity contribution in [2.45, 2.75) is 138 Å². The summed E-state index contributed by atoms with van der Waals surface area (Å²) < 4.78 is 37.3. The Morgan fingerprint density at radius 2 is 1.30 bits per heavy atom. The monoisotopic (exact) mass is 708 g/mol. The highest BCUT2D eigenvalue weighted by Gasteiger charge is 2.26. The third-order valence-corrected chi connectivity index (χ3v) is 8.29. The highest BCUT2D eigenvalue weighted by molar-refractivity contribution is 8.76. The van der Waals surface area contributed by atoms with E-state index in [2.05, 4.69) is 33.6 Å². The summed E-state index contributed by atoms with van der Waals surface area (Å²) in [6, 6.07) is 0. The minimum atomic E-state index is -0.444. The molecule has 2 unspecified atom stereocenters. The SMILES string of the molecule is C#CCC1CSSCC1OC(C)C.CC(C)CCCC(=O)OC(C)C.CC(C)OCCOCCOCCOCCC(=O)OC(C)(C)C. The lowest BCUT2D eigenvalue weighted by molar-refractivity contribution is -0.156. The molecule has 0 aromatic rings. The van der Waals surface area contributed by atoms with E-state index in [9.17, 15) is 9.59 Å². The molecule has 1 aliphatic rings. The topological polar surface area (TPSA) is 98.8 Å². The molecular formula is C36H68O9S2. The molecule has 0 aromatic carbocycles. The van der Waals surface area contributed by atoms with Crippen LogP contribution in [0.4, 0.5) is 0 Å². The number of carbonyl (C=O) groups is 2. The largest absolute Gasteiger partial charge is 0.463 e. The summed E-state index contributed by atoms with van der Waals surface area (Å²) in [5, 5.41) is 0. The van der Waals surface area contributed by atoms with Crippen LogP contribution in [0.5, 0.6) is 0 Å². The normalized spacial score (nSPS) is 16.3. The molecule has 0 radical (unpaired) electrons. The number of hydrogen-bond acceptors (Lipinski definition) is 11. The van der Waals surface area contributed by atoms with Crippen LogP contribution < -0.4 is 0 Å². The van der Waals surface area contributed by atoms with Crippen molar-refractivity contribution in [3.8, 4) is 12.3 Å². The Hall–Kier alpha value is -1.00. The summed E-state index contributed by atoms with van der Waals surface area (Å²) >= 11 is 0. The number of hydrogen-bond donors (Lipinski definition) is 0. The Bertz CT molecular complexity index is 792. The lowest BCUT2D eigenvalue weighted by Gasteiger charge is -2.30. The zero-order valence-corrected chi connectivity index (χ0v) is 33.1. The first-order valence-corrected chi connectivity index (χ1v) is 19.7. The van der Waals surface area contributed by atoms with Crippen LogP contribution in [0.15, 0.2) is 0 Å². The minimum Gasteiger partial charge on any atom is -0.463 e. The highest BCUT2D eigenvalue weighted by Crippen LogP contribution is 2.36. The molecular weight excluding hydrogens is 641 g/mol. The molecule has 0 bridgehead atoms. The van der Waals surface area contributed by atoms with Crippen LogP contribution in [0, 0.1) is 24.2 Å². The fourth-order valence-electron chi connectivity index (χ4n) is 3.74. The first-order chi connectivity index (χ1) is 22.1. The van der Waals surface area contributed by atoms with E-state index in [0.29, 0.717) is 76.7 Å². The predicted octanol–water partition coefficient (Wildman–Crippen LogP) is 7.77. The van der Waals surface area contributed by atoms with Gasteiger partial charge in [-0.1, -0.05) is 41.9 Å². The molecule has 1 saturated heterocycles. The highest BCUT2D eigenvalue weighted by atomic mass is 33.1. The van der Waals surface area contributed by atoms with Crippen LogP contribution in [0.3, 0.4) is 0 Å². The average molecular weight is 709 g/mol. The fraction of sp³-hybridized carbons (Fsp3) is 0.889. The van der Waals surface area contributed by atoms with E-state index >= 15 is 0 Å². The molecule has 2 atom stereocenters. The molecule has 0 saturated carbocycles. The summed E-state index contributed by atoms with van der Waals surface area (Å²) in [4.78, 5) is 22.4. The van der Waals surface area contributed by atoms with Gasteiger partial charge in [0.05, 0.1) is 77.1 Å². The summed E-state index contributed by atoms with van der Waals surface area (Å²) in [6.07, 6.45) is 10.00. The molecule has 0 spiro atoms. The Balaban J connectivity index is 0. The molecule has 11 heteroatoms. The molecule has 9 nitrogen and oxygen atoms in total. The number of terminal acetylenes is 1. The molecule has 1 heterocycles. The van der Waals surface area contributed by atoms with E-state index in [4.69, 9.17) is 39.6 Å². The van der Waals surface area contributed by atoms with Gasteiger partial charge in [0, 0.05) is 30.3 Å². The van der Waals surface area contributed by atoms with Gasteiger partial charge in [-0.25, -0.2) is 0 Å². The molecule has 0 aromatic heterocycles. The number of rotatable bonds is 21. The Morgan fingerprint density at radius 3 is 1.79 bits per heavy atom. The molecule has 0 amide bonds. The third kappa shape index (κ3) is 37.7.